The molecule has 3 N–H and O–H groups in total. The Morgan fingerprint density at radius 1 is 1.12 bits per heavy atom. The molecule has 0 fully saturated rings. The summed E-state index contributed by atoms with van der Waals surface area (Å²) in [5.74, 6) is 0.333. The highest BCUT2D eigenvalue weighted by molar-refractivity contribution is 5.70. The van der Waals surface area contributed by atoms with Gasteiger partial charge in [0.2, 0.25) is 5.95 Å². The van der Waals surface area contributed by atoms with Crippen molar-refractivity contribution < 1.29 is 13.9 Å². The smallest absolute Gasteiger partial charge is 0.410 e. The van der Waals surface area contributed by atoms with Crippen LogP contribution in [0.25, 0.3) is 0 Å². The molecule has 0 aliphatic heterocycles. The van der Waals surface area contributed by atoms with Gasteiger partial charge in [-0.3, -0.25) is 0 Å². The number of nitrogens with zero attached hydrogens (tertiary/aromatic N) is 3. The lowest BCUT2D eigenvalue weighted by Gasteiger charge is -2.10. The third kappa shape index (κ3) is 4.41. The van der Waals surface area contributed by atoms with Crippen molar-refractivity contribution >= 4 is 29.4 Å². The van der Waals surface area contributed by atoms with Gasteiger partial charge in [-0.15, -0.1) is 0 Å². The third-order valence-corrected chi connectivity index (χ3v) is 3.16. The zero-order valence-corrected chi connectivity index (χ0v) is 13.7. The normalized spacial score (nSPS) is 10.1. The van der Waals surface area contributed by atoms with Crippen LogP contribution in [0.1, 0.15) is 0 Å². The van der Waals surface area contributed by atoms with E-state index in [-0.39, 0.29) is 11.8 Å². The van der Waals surface area contributed by atoms with Crippen molar-refractivity contribution in [2.24, 2.45) is 0 Å². The molecule has 2 aromatic heterocycles. The van der Waals surface area contributed by atoms with E-state index in [1.54, 1.807) is 48.7 Å². The van der Waals surface area contributed by atoms with Crippen LogP contribution < -0.4 is 20.7 Å². The molecule has 0 saturated heterocycles. The van der Waals surface area contributed by atoms with Crippen LogP contribution >= 0.6 is 0 Å². The molecule has 1 aromatic carbocycles. The van der Waals surface area contributed by atoms with E-state index in [9.17, 15) is 9.18 Å². The van der Waals surface area contributed by atoms with E-state index >= 15 is 0 Å². The average Bonchev–Trinajstić information content (AvgIpc) is 2.65. The number of hydrogen-bond acceptors (Lipinski definition) is 7. The van der Waals surface area contributed by atoms with Crippen molar-refractivity contribution in [3.63, 3.8) is 0 Å². The second-order valence-corrected chi connectivity index (χ2v) is 5.02. The first-order valence-electron chi connectivity index (χ1n) is 7.61. The molecule has 0 atom stereocenters. The third-order valence-electron chi connectivity index (χ3n) is 3.16. The number of hydrogen-bond donors (Lipinski definition) is 3. The predicted octanol–water partition coefficient (Wildman–Crippen LogP) is 3.22. The number of ether oxygens (including phenoxy) is 1. The summed E-state index contributed by atoms with van der Waals surface area (Å²) < 4.78 is 19.0. The summed E-state index contributed by atoms with van der Waals surface area (Å²) in [6.07, 6.45) is 2.05. The molecule has 0 unspecified atom stereocenters. The number of pyridine rings is 1. The molecule has 0 bridgehead atoms. The van der Waals surface area contributed by atoms with Gasteiger partial charge in [0.25, 0.3) is 0 Å². The van der Waals surface area contributed by atoms with Crippen molar-refractivity contribution in [2.45, 2.75) is 0 Å². The molecular weight excluding hydrogens is 339 g/mol. The van der Waals surface area contributed by atoms with Crippen molar-refractivity contribution in [1.82, 2.24) is 20.3 Å². The highest BCUT2D eigenvalue weighted by atomic mass is 19.1. The van der Waals surface area contributed by atoms with Crippen LogP contribution in [0.2, 0.25) is 0 Å². The molecule has 9 heteroatoms. The minimum Gasteiger partial charge on any atom is -0.410 e. The Bertz CT molecular complexity index is 907. The van der Waals surface area contributed by atoms with Crippen LogP contribution in [-0.4, -0.2) is 28.1 Å². The Balaban J connectivity index is 1.77. The van der Waals surface area contributed by atoms with Crippen molar-refractivity contribution in [3.05, 3.63) is 60.7 Å². The summed E-state index contributed by atoms with van der Waals surface area (Å²) in [5.41, 5.74) is 0.571. The summed E-state index contributed by atoms with van der Waals surface area (Å²) in [4.78, 5) is 23.3. The van der Waals surface area contributed by atoms with Gasteiger partial charge in [0.05, 0.1) is 6.20 Å². The maximum atomic E-state index is 13.9. The molecule has 0 spiro atoms. The highest BCUT2D eigenvalue weighted by Crippen LogP contribution is 2.22. The number of halogens is 1. The maximum Gasteiger partial charge on any atom is 0.412 e. The van der Waals surface area contributed by atoms with E-state index < -0.39 is 11.9 Å². The molecule has 0 radical (unpaired) electrons. The first-order chi connectivity index (χ1) is 12.6. The quantitative estimate of drug-likeness (QED) is 0.647. The Morgan fingerprint density at radius 3 is 2.77 bits per heavy atom. The van der Waals surface area contributed by atoms with Gasteiger partial charge in [0.1, 0.15) is 11.6 Å². The fourth-order valence-corrected chi connectivity index (χ4v) is 2.00. The fraction of sp³-hybridized carbons (Fsp3) is 0.0588. The van der Waals surface area contributed by atoms with Gasteiger partial charge in [-0.25, -0.2) is 19.2 Å². The van der Waals surface area contributed by atoms with E-state index in [1.807, 2.05) is 0 Å². The van der Waals surface area contributed by atoms with Gasteiger partial charge >= 0.3 is 6.09 Å². The van der Waals surface area contributed by atoms with Gasteiger partial charge in [-0.2, -0.15) is 4.98 Å². The SMILES string of the molecule is CNC(=O)Oc1cccc(Nc2ncc(F)c(Nc3ccccn3)n2)c1. The number of carbonyl (C=O) groups is 1. The molecule has 2 heterocycles. The number of amides is 1. The largest absolute Gasteiger partial charge is 0.412 e. The minimum atomic E-state index is -0.613. The number of rotatable bonds is 5. The van der Waals surface area contributed by atoms with Gasteiger partial charge < -0.3 is 20.7 Å². The fourth-order valence-electron chi connectivity index (χ4n) is 2.00. The standard InChI is InChI=1S/C17H15FN6O2/c1-19-17(25)26-12-6-4-5-11(9-12)22-16-21-10-13(18)15(24-16)23-14-7-2-3-8-20-14/h2-10H,1H3,(H,19,25)(H2,20,21,22,23,24). The molecule has 1 amide bonds. The van der Waals surface area contributed by atoms with Crippen LogP contribution in [0.4, 0.5) is 32.5 Å². The summed E-state index contributed by atoms with van der Waals surface area (Å²) in [6, 6.07) is 11.8. The Morgan fingerprint density at radius 2 is 2.00 bits per heavy atom. The number of aromatic nitrogens is 3. The zero-order chi connectivity index (χ0) is 18.4. The lowest BCUT2D eigenvalue weighted by atomic mass is 10.3. The number of benzene rings is 1. The molecule has 132 valence electrons. The maximum absolute atomic E-state index is 13.9. The average molecular weight is 354 g/mol. The van der Waals surface area contributed by atoms with Gasteiger partial charge in [0, 0.05) is 25.0 Å². The Kier molecular flexibility index (Phi) is 5.18. The Hall–Kier alpha value is -3.75. The highest BCUT2D eigenvalue weighted by Gasteiger charge is 2.09. The second-order valence-electron chi connectivity index (χ2n) is 5.02. The summed E-state index contributed by atoms with van der Waals surface area (Å²) in [5, 5.41) is 8.07. The zero-order valence-electron chi connectivity index (χ0n) is 13.7. The Labute approximate surface area is 148 Å². The predicted molar refractivity (Wildman–Crippen MR) is 94.3 cm³/mol. The lowest BCUT2D eigenvalue weighted by Crippen LogP contribution is -2.22. The molecule has 0 aliphatic carbocycles. The van der Waals surface area contributed by atoms with E-state index in [4.69, 9.17) is 4.74 Å². The molecule has 0 saturated carbocycles. The van der Waals surface area contributed by atoms with Gasteiger partial charge in [-0.05, 0) is 24.3 Å². The molecular formula is C17H15FN6O2. The summed E-state index contributed by atoms with van der Waals surface area (Å²) in [6.45, 7) is 0. The molecule has 3 aromatic rings. The van der Waals surface area contributed by atoms with Crippen molar-refractivity contribution in [1.29, 1.82) is 0 Å². The van der Waals surface area contributed by atoms with Crippen molar-refractivity contribution in [3.8, 4) is 5.75 Å². The summed E-state index contributed by atoms with van der Waals surface area (Å²) in [7, 11) is 1.47. The number of carbonyl (C=O) groups excluding carboxylic acids is 1. The monoisotopic (exact) mass is 354 g/mol. The topological polar surface area (TPSA) is 101 Å². The molecule has 8 nitrogen and oxygen atoms in total. The van der Waals surface area contributed by atoms with Gasteiger partial charge in [-0.1, -0.05) is 12.1 Å². The van der Waals surface area contributed by atoms with E-state index in [0.29, 0.717) is 17.3 Å². The van der Waals surface area contributed by atoms with E-state index in [1.165, 1.54) is 7.05 Å². The van der Waals surface area contributed by atoms with Crippen LogP contribution in [0.3, 0.4) is 0 Å². The molecule has 26 heavy (non-hydrogen) atoms. The minimum absolute atomic E-state index is 0.0148. The van der Waals surface area contributed by atoms with Crippen LogP contribution in [0.5, 0.6) is 5.75 Å². The molecule has 0 aliphatic rings. The van der Waals surface area contributed by atoms with Crippen LogP contribution in [0.15, 0.2) is 54.9 Å². The first-order valence-corrected chi connectivity index (χ1v) is 7.61. The summed E-state index contributed by atoms with van der Waals surface area (Å²) >= 11 is 0. The van der Waals surface area contributed by atoms with Crippen LogP contribution in [-0.2, 0) is 0 Å². The second kappa shape index (κ2) is 7.88. The van der Waals surface area contributed by atoms with Gasteiger partial charge in [0.15, 0.2) is 11.6 Å². The lowest BCUT2D eigenvalue weighted by molar-refractivity contribution is 0.203. The van der Waals surface area contributed by atoms with Crippen LogP contribution in [0, 0.1) is 5.82 Å². The number of anilines is 4. The first kappa shape index (κ1) is 17.1. The molecule has 3 rings (SSSR count). The van der Waals surface area contributed by atoms with Crippen molar-refractivity contribution in [2.75, 3.05) is 17.7 Å². The van der Waals surface area contributed by atoms with E-state index in [0.717, 1.165) is 6.20 Å². The van der Waals surface area contributed by atoms with E-state index in [2.05, 4.69) is 30.9 Å². The number of nitrogens with one attached hydrogen (secondary N) is 3.